The lowest BCUT2D eigenvalue weighted by molar-refractivity contribution is 0.0924. The first-order chi connectivity index (χ1) is 13.1. The Morgan fingerprint density at radius 1 is 1.07 bits per heavy atom. The smallest absolute Gasteiger partial charge is 0.273 e. The minimum atomic E-state index is -0.266. The van der Waals surface area contributed by atoms with Crippen LogP contribution in [0.5, 0.6) is 0 Å². The Labute approximate surface area is 170 Å². The molecule has 2 amide bonds. The van der Waals surface area contributed by atoms with E-state index < -0.39 is 0 Å². The lowest BCUT2D eigenvalue weighted by Crippen LogP contribution is -2.35. The predicted octanol–water partition coefficient (Wildman–Crippen LogP) is 1.40. The van der Waals surface area contributed by atoms with Gasteiger partial charge >= 0.3 is 0 Å². The molecule has 0 saturated carbocycles. The van der Waals surface area contributed by atoms with E-state index in [2.05, 4.69) is 26.3 Å². The molecule has 8 nitrogen and oxygen atoms in total. The van der Waals surface area contributed by atoms with Crippen molar-refractivity contribution in [2.24, 2.45) is 0 Å². The molecule has 0 spiro atoms. The number of hydrogen-bond acceptors (Lipinski definition) is 5. The fourth-order valence-corrected chi connectivity index (χ4v) is 3.19. The van der Waals surface area contributed by atoms with Gasteiger partial charge < -0.3 is 16.0 Å². The molecule has 152 valence electrons. The highest BCUT2D eigenvalue weighted by Crippen LogP contribution is 2.20. The van der Waals surface area contributed by atoms with Gasteiger partial charge in [0.1, 0.15) is 0 Å². The van der Waals surface area contributed by atoms with Gasteiger partial charge in [0.2, 0.25) is 0 Å². The summed E-state index contributed by atoms with van der Waals surface area (Å²) in [5, 5.41) is 17.1. The monoisotopic (exact) mass is 406 g/mol. The molecule has 0 bridgehead atoms. The fraction of sp³-hybridized carbons (Fsp3) is 0.474. The van der Waals surface area contributed by atoms with Gasteiger partial charge in [-0.25, -0.2) is 4.68 Å². The molecule has 2 aromatic rings. The normalized spacial score (nSPS) is 14.2. The van der Waals surface area contributed by atoms with Crippen molar-refractivity contribution in [1.82, 2.24) is 30.9 Å². The topological polar surface area (TPSA) is 101 Å². The van der Waals surface area contributed by atoms with Gasteiger partial charge in [0.05, 0.1) is 11.7 Å². The van der Waals surface area contributed by atoms with Crippen LogP contribution in [-0.2, 0) is 0 Å². The van der Waals surface area contributed by atoms with Crippen LogP contribution in [-0.4, -0.2) is 53.0 Å². The third-order valence-electron chi connectivity index (χ3n) is 4.81. The molecule has 0 unspecified atom stereocenters. The summed E-state index contributed by atoms with van der Waals surface area (Å²) >= 11 is 0. The zero-order valence-electron chi connectivity index (χ0n) is 16.2. The molecule has 9 heteroatoms. The Balaban J connectivity index is 0.00000280. The van der Waals surface area contributed by atoms with Crippen LogP contribution >= 0.6 is 12.4 Å². The third-order valence-corrected chi connectivity index (χ3v) is 4.81. The van der Waals surface area contributed by atoms with Crippen molar-refractivity contribution >= 4 is 24.2 Å². The van der Waals surface area contributed by atoms with Crippen molar-refractivity contribution in [3.63, 3.8) is 0 Å². The first-order valence-corrected chi connectivity index (χ1v) is 9.32. The molecular weight excluding hydrogens is 380 g/mol. The lowest BCUT2D eigenvalue weighted by Gasteiger charge is -2.23. The number of rotatable bonds is 6. The van der Waals surface area contributed by atoms with Crippen molar-refractivity contribution in [2.45, 2.75) is 32.7 Å². The molecule has 1 aromatic carbocycles. The maximum absolute atomic E-state index is 12.4. The van der Waals surface area contributed by atoms with Gasteiger partial charge in [-0.05, 0) is 51.9 Å². The number of benzene rings is 1. The molecule has 3 N–H and O–H groups in total. The standard InChI is InChI=1S/C19H26N6O2.ClH/c1-13-3-5-15(6-4-13)18(26)21-11-12-22-19(27)17-14(2)25(24-23-17)16-7-9-20-10-8-16;/h3-6,16,20H,7-12H2,1-2H3,(H,21,26)(H,22,27);1H. The minimum absolute atomic E-state index is 0. The number of nitrogens with one attached hydrogen (secondary N) is 3. The zero-order valence-corrected chi connectivity index (χ0v) is 17.0. The van der Waals surface area contributed by atoms with E-state index in [-0.39, 0.29) is 30.3 Å². The minimum Gasteiger partial charge on any atom is -0.350 e. The molecule has 28 heavy (non-hydrogen) atoms. The number of amides is 2. The molecule has 0 radical (unpaired) electrons. The van der Waals surface area contributed by atoms with Gasteiger partial charge in [0.25, 0.3) is 11.8 Å². The molecule has 1 saturated heterocycles. The molecule has 1 aliphatic heterocycles. The fourth-order valence-electron chi connectivity index (χ4n) is 3.19. The van der Waals surface area contributed by atoms with E-state index in [0.29, 0.717) is 24.3 Å². The summed E-state index contributed by atoms with van der Waals surface area (Å²) in [5.41, 5.74) is 2.83. The van der Waals surface area contributed by atoms with Gasteiger partial charge in [-0.3, -0.25) is 9.59 Å². The number of aryl methyl sites for hydroxylation is 1. The number of carbonyl (C=O) groups is 2. The first kappa shape index (κ1) is 21.8. The highest BCUT2D eigenvalue weighted by molar-refractivity contribution is 5.94. The third kappa shape index (κ3) is 5.30. The zero-order chi connectivity index (χ0) is 19.2. The van der Waals surface area contributed by atoms with Gasteiger partial charge in [-0.1, -0.05) is 22.9 Å². The second kappa shape index (κ2) is 10.2. The van der Waals surface area contributed by atoms with Crippen LogP contribution in [0.1, 0.15) is 51.0 Å². The lowest BCUT2D eigenvalue weighted by atomic mass is 10.1. The summed E-state index contributed by atoms with van der Waals surface area (Å²) in [6, 6.07) is 7.64. The summed E-state index contributed by atoms with van der Waals surface area (Å²) in [6.45, 7) is 6.42. The van der Waals surface area contributed by atoms with Crippen LogP contribution in [0.15, 0.2) is 24.3 Å². The Hall–Kier alpha value is -2.45. The second-order valence-corrected chi connectivity index (χ2v) is 6.83. The maximum atomic E-state index is 12.4. The summed E-state index contributed by atoms with van der Waals surface area (Å²) in [5.74, 6) is -0.422. The largest absolute Gasteiger partial charge is 0.350 e. The second-order valence-electron chi connectivity index (χ2n) is 6.83. The van der Waals surface area contributed by atoms with E-state index in [1.165, 1.54) is 0 Å². The summed E-state index contributed by atoms with van der Waals surface area (Å²) in [4.78, 5) is 24.4. The highest BCUT2D eigenvalue weighted by atomic mass is 35.5. The van der Waals surface area contributed by atoms with E-state index in [1.54, 1.807) is 12.1 Å². The van der Waals surface area contributed by atoms with Crippen LogP contribution in [0.4, 0.5) is 0 Å². The van der Waals surface area contributed by atoms with Crippen molar-refractivity contribution in [3.8, 4) is 0 Å². The summed E-state index contributed by atoms with van der Waals surface area (Å²) in [6.07, 6.45) is 1.96. The van der Waals surface area contributed by atoms with Crippen LogP contribution < -0.4 is 16.0 Å². The van der Waals surface area contributed by atoms with E-state index in [9.17, 15) is 9.59 Å². The Kier molecular flexibility index (Phi) is 7.95. The van der Waals surface area contributed by atoms with Crippen LogP contribution in [0.3, 0.4) is 0 Å². The van der Waals surface area contributed by atoms with Gasteiger partial charge in [-0.2, -0.15) is 0 Å². The molecule has 0 aliphatic carbocycles. The molecule has 1 fully saturated rings. The number of halogens is 1. The van der Waals surface area contributed by atoms with E-state index in [1.807, 2.05) is 30.7 Å². The van der Waals surface area contributed by atoms with Crippen LogP contribution in [0.2, 0.25) is 0 Å². The summed E-state index contributed by atoms with van der Waals surface area (Å²) < 4.78 is 1.86. The van der Waals surface area contributed by atoms with Crippen molar-refractivity contribution in [2.75, 3.05) is 26.2 Å². The average Bonchev–Trinajstić information content (AvgIpc) is 3.07. The number of carbonyl (C=O) groups excluding carboxylic acids is 2. The first-order valence-electron chi connectivity index (χ1n) is 9.32. The van der Waals surface area contributed by atoms with Crippen molar-refractivity contribution in [1.29, 1.82) is 0 Å². The Morgan fingerprint density at radius 3 is 2.32 bits per heavy atom. The maximum Gasteiger partial charge on any atom is 0.273 e. The predicted molar refractivity (Wildman–Crippen MR) is 109 cm³/mol. The van der Waals surface area contributed by atoms with E-state index in [0.717, 1.165) is 37.2 Å². The van der Waals surface area contributed by atoms with Crippen molar-refractivity contribution in [3.05, 3.63) is 46.8 Å². The Morgan fingerprint density at radius 2 is 1.68 bits per heavy atom. The Bertz CT molecular complexity index is 799. The molecule has 1 aliphatic rings. The average molecular weight is 407 g/mol. The number of aromatic nitrogens is 3. The van der Waals surface area contributed by atoms with Gasteiger partial charge in [-0.15, -0.1) is 17.5 Å². The van der Waals surface area contributed by atoms with Crippen LogP contribution in [0, 0.1) is 13.8 Å². The quantitative estimate of drug-likeness (QED) is 0.629. The highest BCUT2D eigenvalue weighted by Gasteiger charge is 2.22. The molecule has 1 aromatic heterocycles. The molecule has 3 rings (SSSR count). The SMILES string of the molecule is Cc1ccc(C(=O)NCCNC(=O)c2nnn(C3CCNCC3)c2C)cc1.Cl. The number of hydrogen-bond donors (Lipinski definition) is 3. The van der Waals surface area contributed by atoms with Gasteiger partial charge in [0.15, 0.2) is 5.69 Å². The van der Waals surface area contributed by atoms with Gasteiger partial charge in [0, 0.05) is 18.7 Å². The molecular formula is C19H27ClN6O2. The van der Waals surface area contributed by atoms with E-state index in [4.69, 9.17) is 0 Å². The molecule has 0 atom stereocenters. The number of piperidine rings is 1. The van der Waals surface area contributed by atoms with E-state index >= 15 is 0 Å². The number of nitrogens with zero attached hydrogens (tertiary/aromatic N) is 3. The summed E-state index contributed by atoms with van der Waals surface area (Å²) in [7, 11) is 0. The molecule has 2 heterocycles. The van der Waals surface area contributed by atoms with Crippen LogP contribution in [0.25, 0.3) is 0 Å². The van der Waals surface area contributed by atoms with Crippen molar-refractivity contribution < 1.29 is 9.59 Å².